The first-order valence-corrected chi connectivity index (χ1v) is 8.03. The van der Waals surface area contributed by atoms with Gasteiger partial charge in [-0.25, -0.2) is 4.79 Å². The van der Waals surface area contributed by atoms with Crippen LogP contribution in [0.5, 0.6) is 0 Å². The number of carbonyl (C=O) groups excluding carboxylic acids is 1. The normalized spacial score (nSPS) is 20.9. The van der Waals surface area contributed by atoms with Gasteiger partial charge in [0.15, 0.2) is 0 Å². The Balaban J connectivity index is 1.41. The molecule has 0 saturated heterocycles. The standard InChI is InChI=1S/C15H28N2O3/c18-14(10-16-9-13-5-6-13)11-17-15(19)20-8-7-12-3-1-2-4-12/h12-14,16,18H,1-11H2,(H,17,19). The zero-order valence-corrected chi connectivity index (χ0v) is 12.3. The fraction of sp³-hybridized carbons (Fsp3) is 0.933. The number of hydrogen-bond donors (Lipinski definition) is 3. The van der Waals surface area contributed by atoms with Crippen molar-refractivity contribution in [2.24, 2.45) is 11.8 Å². The molecule has 0 aliphatic heterocycles. The maximum Gasteiger partial charge on any atom is 0.407 e. The van der Waals surface area contributed by atoms with E-state index in [2.05, 4.69) is 10.6 Å². The minimum absolute atomic E-state index is 0.250. The summed E-state index contributed by atoms with van der Waals surface area (Å²) < 4.78 is 5.13. The minimum atomic E-state index is -0.545. The molecule has 0 aromatic carbocycles. The number of amides is 1. The zero-order chi connectivity index (χ0) is 14.2. The maximum absolute atomic E-state index is 11.4. The van der Waals surface area contributed by atoms with E-state index in [-0.39, 0.29) is 6.54 Å². The Morgan fingerprint density at radius 1 is 1.15 bits per heavy atom. The van der Waals surface area contributed by atoms with Crippen molar-refractivity contribution in [1.82, 2.24) is 10.6 Å². The molecule has 2 fully saturated rings. The van der Waals surface area contributed by atoms with E-state index < -0.39 is 12.2 Å². The highest BCUT2D eigenvalue weighted by Crippen LogP contribution is 2.27. The lowest BCUT2D eigenvalue weighted by atomic mass is 10.1. The van der Waals surface area contributed by atoms with E-state index in [0.29, 0.717) is 13.2 Å². The molecule has 1 amide bonds. The second-order valence-corrected chi connectivity index (χ2v) is 6.21. The van der Waals surface area contributed by atoms with Gasteiger partial charge in [0.2, 0.25) is 0 Å². The number of nitrogens with one attached hydrogen (secondary N) is 2. The molecule has 0 aromatic rings. The second kappa shape index (κ2) is 8.47. The Bertz CT molecular complexity index is 289. The van der Waals surface area contributed by atoms with Gasteiger partial charge >= 0.3 is 6.09 Å². The molecule has 0 aromatic heterocycles. The van der Waals surface area contributed by atoms with Crippen molar-refractivity contribution in [2.75, 3.05) is 26.2 Å². The van der Waals surface area contributed by atoms with Crippen molar-refractivity contribution in [3.8, 4) is 0 Å². The highest BCUT2D eigenvalue weighted by molar-refractivity contribution is 5.67. The van der Waals surface area contributed by atoms with Gasteiger partial charge in [-0.1, -0.05) is 25.7 Å². The van der Waals surface area contributed by atoms with E-state index in [1.807, 2.05) is 0 Å². The lowest BCUT2D eigenvalue weighted by molar-refractivity contribution is 0.125. The zero-order valence-electron chi connectivity index (χ0n) is 12.3. The molecule has 0 heterocycles. The monoisotopic (exact) mass is 284 g/mol. The second-order valence-electron chi connectivity index (χ2n) is 6.21. The number of rotatable bonds is 9. The number of aliphatic hydroxyl groups is 1. The molecule has 0 bridgehead atoms. The Morgan fingerprint density at radius 2 is 1.90 bits per heavy atom. The maximum atomic E-state index is 11.4. The average molecular weight is 284 g/mol. The predicted octanol–water partition coefficient (Wildman–Crippen LogP) is 1.65. The molecule has 20 heavy (non-hydrogen) atoms. The van der Waals surface area contributed by atoms with Crippen LogP contribution in [0.3, 0.4) is 0 Å². The van der Waals surface area contributed by atoms with Crippen molar-refractivity contribution < 1.29 is 14.6 Å². The van der Waals surface area contributed by atoms with E-state index in [0.717, 1.165) is 24.8 Å². The van der Waals surface area contributed by atoms with E-state index in [1.165, 1.54) is 38.5 Å². The van der Waals surface area contributed by atoms with E-state index in [9.17, 15) is 9.90 Å². The van der Waals surface area contributed by atoms with Crippen molar-refractivity contribution in [3.05, 3.63) is 0 Å². The third kappa shape index (κ3) is 6.57. The molecule has 5 heteroatoms. The molecule has 2 rings (SSSR count). The van der Waals surface area contributed by atoms with Crippen LogP contribution in [-0.2, 0) is 4.74 Å². The largest absolute Gasteiger partial charge is 0.450 e. The van der Waals surface area contributed by atoms with Crippen LogP contribution in [0.25, 0.3) is 0 Å². The van der Waals surface area contributed by atoms with Crippen LogP contribution < -0.4 is 10.6 Å². The SMILES string of the molecule is O=C(NCC(O)CNCC1CC1)OCCC1CCCC1. The lowest BCUT2D eigenvalue weighted by Gasteiger charge is -2.13. The van der Waals surface area contributed by atoms with E-state index >= 15 is 0 Å². The van der Waals surface area contributed by atoms with E-state index in [1.54, 1.807) is 0 Å². The number of carbonyl (C=O) groups is 1. The third-order valence-corrected chi connectivity index (χ3v) is 4.23. The Hall–Kier alpha value is -0.810. The molecule has 2 aliphatic carbocycles. The van der Waals surface area contributed by atoms with Crippen LogP contribution in [-0.4, -0.2) is 43.5 Å². The first-order chi connectivity index (χ1) is 9.74. The first-order valence-electron chi connectivity index (χ1n) is 8.03. The van der Waals surface area contributed by atoms with Crippen LogP contribution in [0.2, 0.25) is 0 Å². The van der Waals surface area contributed by atoms with Gasteiger partial charge in [0.1, 0.15) is 0 Å². The van der Waals surface area contributed by atoms with Gasteiger partial charge in [0.05, 0.1) is 12.7 Å². The quantitative estimate of drug-likeness (QED) is 0.602. The van der Waals surface area contributed by atoms with Gasteiger partial charge in [0.25, 0.3) is 0 Å². The van der Waals surface area contributed by atoms with Crippen molar-refractivity contribution in [1.29, 1.82) is 0 Å². The summed E-state index contributed by atoms with van der Waals surface area (Å²) in [7, 11) is 0. The number of aliphatic hydroxyl groups excluding tert-OH is 1. The molecule has 2 saturated carbocycles. The molecular weight excluding hydrogens is 256 g/mol. The molecule has 0 radical (unpaired) electrons. The highest BCUT2D eigenvalue weighted by atomic mass is 16.5. The van der Waals surface area contributed by atoms with E-state index in [4.69, 9.17) is 4.74 Å². The summed E-state index contributed by atoms with van der Waals surface area (Å²) >= 11 is 0. The number of ether oxygens (including phenoxy) is 1. The van der Waals surface area contributed by atoms with Gasteiger partial charge in [-0.15, -0.1) is 0 Å². The summed E-state index contributed by atoms with van der Waals surface area (Å²) in [4.78, 5) is 11.4. The average Bonchev–Trinajstić information content (AvgIpc) is 3.11. The van der Waals surface area contributed by atoms with Gasteiger partial charge in [-0.05, 0) is 37.6 Å². The van der Waals surface area contributed by atoms with Crippen LogP contribution in [0, 0.1) is 11.8 Å². The Labute approximate surface area is 121 Å². The molecule has 0 spiro atoms. The Morgan fingerprint density at radius 3 is 2.60 bits per heavy atom. The minimum Gasteiger partial charge on any atom is -0.450 e. The third-order valence-electron chi connectivity index (χ3n) is 4.23. The highest BCUT2D eigenvalue weighted by Gasteiger charge is 2.20. The van der Waals surface area contributed by atoms with Crippen LogP contribution in [0.4, 0.5) is 4.79 Å². The smallest absolute Gasteiger partial charge is 0.407 e. The fourth-order valence-corrected chi connectivity index (χ4v) is 2.72. The van der Waals surface area contributed by atoms with Crippen molar-refractivity contribution in [2.45, 2.75) is 51.0 Å². The number of hydrogen-bond acceptors (Lipinski definition) is 4. The molecule has 5 nitrogen and oxygen atoms in total. The summed E-state index contributed by atoms with van der Waals surface area (Å²) in [5, 5.41) is 15.5. The van der Waals surface area contributed by atoms with Gasteiger partial charge in [0, 0.05) is 13.1 Å². The molecule has 2 aliphatic rings. The lowest BCUT2D eigenvalue weighted by Crippen LogP contribution is -2.38. The van der Waals surface area contributed by atoms with Gasteiger partial charge in [-0.2, -0.15) is 0 Å². The van der Waals surface area contributed by atoms with Crippen LogP contribution in [0.1, 0.15) is 44.9 Å². The fourth-order valence-electron chi connectivity index (χ4n) is 2.72. The van der Waals surface area contributed by atoms with Crippen LogP contribution in [0.15, 0.2) is 0 Å². The molecular formula is C15H28N2O3. The molecule has 1 atom stereocenters. The number of alkyl carbamates (subject to hydrolysis) is 1. The summed E-state index contributed by atoms with van der Waals surface area (Å²) in [6.45, 7) is 2.24. The van der Waals surface area contributed by atoms with Gasteiger partial charge < -0.3 is 20.5 Å². The molecule has 116 valence electrons. The predicted molar refractivity (Wildman–Crippen MR) is 77.5 cm³/mol. The summed E-state index contributed by atoms with van der Waals surface area (Å²) in [5.74, 6) is 1.54. The molecule has 3 N–H and O–H groups in total. The van der Waals surface area contributed by atoms with Crippen molar-refractivity contribution >= 4 is 6.09 Å². The summed E-state index contributed by atoms with van der Waals surface area (Å²) in [5.41, 5.74) is 0. The topological polar surface area (TPSA) is 70.6 Å². The Kier molecular flexibility index (Phi) is 6.60. The van der Waals surface area contributed by atoms with Gasteiger partial charge in [-0.3, -0.25) is 0 Å². The van der Waals surface area contributed by atoms with Crippen LogP contribution >= 0.6 is 0 Å². The summed E-state index contributed by atoms with van der Waals surface area (Å²) in [6.07, 6.45) is 7.79. The molecule has 1 unspecified atom stereocenters. The summed E-state index contributed by atoms with van der Waals surface area (Å²) in [6, 6.07) is 0. The van der Waals surface area contributed by atoms with Crippen molar-refractivity contribution in [3.63, 3.8) is 0 Å². The first kappa shape index (κ1) is 15.6.